The number of carbonyl (C=O) groups is 4. The zero-order valence-corrected chi connectivity index (χ0v) is 18.8. The summed E-state index contributed by atoms with van der Waals surface area (Å²) >= 11 is 0. The summed E-state index contributed by atoms with van der Waals surface area (Å²) in [4.78, 5) is 51.3. The van der Waals surface area contributed by atoms with Gasteiger partial charge in [-0.1, -0.05) is 30.3 Å². The monoisotopic (exact) mass is 455 g/mol. The zero-order valence-electron chi connectivity index (χ0n) is 18.8. The fourth-order valence-corrected chi connectivity index (χ4v) is 4.20. The molecule has 1 aromatic rings. The number of methoxy groups -OCH3 is 4. The average Bonchev–Trinajstić information content (AvgIpc) is 2.83. The van der Waals surface area contributed by atoms with E-state index in [0.717, 1.165) is 11.6 Å². The first-order valence-electron chi connectivity index (χ1n) is 10.2. The van der Waals surface area contributed by atoms with Crippen molar-refractivity contribution < 1.29 is 38.1 Å². The highest BCUT2D eigenvalue weighted by Crippen LogP contribution is 2.48. The molecule has 0 bridgehead atoms. The zero-order chi connectivity index (χ0) is 24.1. The van der Waals surface area contributed by atoms with E-state index in [1.165, 1.54) is 28.4 Å². The van der Waals surface area contributed by atoms with Gasteiger partial charge in [-0.05, 0) is 17.6 Å². The Morgan fingerprint density at radius 1 is 0.909 bits per heavy atom. The van der Waals surface area contributed by atoms with Gasteiger partial charge >= 0.3 is 23.9 Å². The van der Waals surface area contributed by atoms with Crippen LogP contribution in [0.15, 0.2) is 64.9 Å². The number of hydrogen-bond donors (Lipinski definition) is 0. The van der Waals surface area contributed by atoms with Crippen LogP contribution >= 0.6 is 0 Å². The van der Waals surface area contributed by atoms with Gasteiger partial charge in [-0.15, -0.1) is 0 Å². The Kier molecular flexibility index (Phi) is 7.32. The molecule has 1 heterocycles. The summed E-state index contributed by atoms with van der Waals surface area (Å²) in [5.41, 5.74) is 1.84. The quantitative estimate of drug-likeness (QED) is 0.345. The molecule has 0 saturated carbocycles. The minimum atomic E-state index is -0.722. The second-order valence-corrected chi connectivity index (χ2v) is 7.45. The highest BCUT2D eigenvalue weighted by Gasteiger charge is 2.52. The molecule has 1 aliphatic carbocycles. The first-order chi connectivity index (χ1) is 15.9. The highest BCUT2D eigenvalue weighted by molar-refractivity contribution is 6.06. The molecule has 0 spiro atoms. The van der Waals surface area contributed by atoms with Gasteiger partial charge in [0.05, 0.1) is 51.2 Å². The van der Waals surface area contributed by atoms with E-state index in [0.29, 0.717) is 12.1 Å². The molecular weight excluding hydrogens is 430 g/mol. The van der Waals surface area contributed by atoms with Crippen molar-refractivity contribution in [2.75, 3.05) is 28.4 Å². The van der Waals surface area contributed by atoms with Gasteiger partial charge in [0.15, 0.2) is 0 Å². The topological polar surface area (TPSA) is 108 Å². The van der Waals surface area contributed by atoms with Crippen molar-refractivity contribution in [2.45, 2.75) is 19.0 Å². The standard InChI is InChI=1S/C24H25NO8/c1-30-18(26)11-16(22(27)31-2)15-10-17-19(23(28)32-3)20(24(29)33-4)21(17)25(13-15)12-14-8-6-5-7-9-14/h5-9,11,13,17,21H,10,12H2,1-4H3/b16-11-. The predicted molar refractivity (Wildman–Crippen MR) is 115 cm³/mol. The van der Waals surface area contributed by atoms with Crippen LogP contribution in [0.25, 0.3) is 0 Å². The molecule has 9 heteroatoms. The minimum Gasteiger partial charge on any atom is -0.466 e. The summed E-state index contributed by atoms with van der Waals surface area (Å²) in [6.07, 6.45) is 2.97. The predicted octanol–water partition coefficient (Wildman–Crippen LogP) is 1.69. The number of rotatable bonds is 7. The van der Waals surface area contributed by atoms with Crippen LogP contribution in [0.4, 0.5) is 0 Å². The molecule has 0 fully saturated rings. The van der Waals surface area contributed by atoms with Gasteiger partial charge in [0.25, 0.3) is 0 Å². The lowest BCUT2D eigenvalue weighted by Crippen LogP contribution is -2.53. The van der Waals surface area contributed by atoms with Crippen molar-refractivity contribution in [1.82, 2.24) is 4.90 Å². The van der Waals surface area contributed by atoms with Gasteiger partial charge in [0, 0.05) is 24.7 Å². The Morgan fingerprint density at radius 2 is 1.55 bits per heavy atom. The second-order valence-electron chi connectivity index (χ2n) is 7.45. The van der Waals surface area contributed by atoms with Crippen LogP contribution in [-0.2, 0) is 44.7 Å². The summed E-state index contributed by atoms with van der Waals surface area (Å²) in [6.45, 7) is 0.382. The molecule has 0 N–H and O–H groups in total. The molecule has 9 nitrogen and oxygen atoms in total. The lowest BCUT2D eigenvalue weighted by Gasteiger charge is -2.49. The molecule has 3 rings (SSSR count). The highest BCUT2D eigenvalue weighted by atomic mass is 16.5. The Hall–Kier alpha value is -3.88. The molecule has 1 aliphatic heterocycles. The van der Waals surface area contributed by atoms with Crippen LogP contribution in [0.1, 0.15) is 12.0 Å². The van der Waals surface area contributed by atoms with E-state index in [9.17, 15) is 19.2 Å². The van der Waals surface area contributed by atoms with Crippen LogP contribution in [0.5, 0.6) is 0 Å². The number of ether oxygens (including phenoxy) is 4. The average molecular weight is 455 g/mol. The fourth-order valence-electron chi connectivity index (χ4n) is 4.20. The van der Waals surface area contributed by atoms with E-state index in [1.54, 1.807) is 6.20 Å². The summed E-state index contributed by atoms with van der Waals surface area (Å²) in [6, 6.07) is 9.03. The molecule has 174 valence electrons. The number of nitrogens with zero attached hydrogens (tertiary/aromatic N) is 1. The van der Waals surface area contributed by atoms with Crippen LogP contribution in [0, 0.1) is 5.92 Å². The third-order valence-corrected chi connectivity index (χ3v) is 5.69. The third kappa shape index (κ3) is 4.67. The maximum absolute atomic E-state index is 12.6. The number of hydrogen-bond acceptors (Lipinski definition) is 9. The Balaban J connectivity index is 2.12. The van der Waals surface area contributed by atoms with E-state index >= 15 is 0 Å². The van der Waals surface area contributed by atoms with E-state index in [-0.39, 0.29) is 23.1 Å². The molecule has 2 unspecified atom stereocenters. The SMILES string of the molecule is COC(=O)/C=C(\C(=O)OC)C1=CN(Cc2ccccc2)C2C(C(=O)OC)=C(C(=O)OC)C2C1. The number of benzene rings is 1. The first kappa shape index (κ1) is 23.8. The molecule has 0 radical (unpaired) electrons. The van der Waals surface area contributed by atoms with Crippen LogP contribution < -0.4 is 0 Å². The van der Waals surface area contributed by atoms with Crippen LogP contribution in [0.3, 0.4) is 0 Å². The van der Waals surface area contributed by atoms with E-state index in [2.05, 4.69) is 4.74 Å². The molecule has 0 amide bonds. The molecule has 33 heavy (non-hydrogen) atoms. The van der Waals surface area contributed by atoms with Gasteiger partial charge in [-0.2, -0.15) is 0 Å². The van der Waals surface area contributed by atoms with Gasteiger partial charge in [-0.25, -0.2) is 19.2 Å². The Labute approximate surface area is 191 Å². The van der Waals surface area contributed by atoms with Crippen molar-refractivity contribution in [1.29, 1.82) is 0 Å². The number of carbonyl (C=O) groups excluding carboxylic acids is 4. The lowest BCUT2D eigenvalue weighted by atomic mass is 9.66. The molecule has 0 saturated heterocycles. The number of fused-ring (bicyclic) bond motifs is 1. The normalized spacial score (nSPS) is 19.6. The molecular formula is C24H25NO8. The van der Waals surface area contributed by atoms with E-state index in [1.807, 2.05) is 35.2 Å². The van der Waals surface area contributed by atoms with E-state index < -0.39 is 35.8 Å². The number of esters is 4. The van der Waals surface area contributed by atoms with Gasteiger partial charge < -0.3 is 23.8 Å². The van der Waals surface area contributed by atoms with Crippen molar-refractivity contribution >= 4 is 23.9 Å². The van der Waals surface area contributed by atoms with Crippen LogP contribution in [0.2, 0.25) is 0 Å². The molecule has 0 aromatic heterocycles. The molecule has 2 atom stereocenters. The second kappa shape index (κ2) is 10.2. The summed E-state index contributed by atoms with van der Waals surface area (Å²) < 4.78 is 19.4. The summed E-state index contributed by atoms with van der Waals surface area (Å²) in [5, 5.41) is 0. The smallest absolute Gasteiger partial charge is 0.338 e. The lowest BCUT2D eigenvalue weighted by molar-refractivity contribution is -0.142. The van der Waals surface area contributed by atoms with Gasteiger partial charge in [0.1, 0.15) is 0 Å². The first-order valence-corrected chi connectivity index (χ1v) is 10.2. The maximum atomic E-state index is 12.6. The molecule has 1 aromatic carbocycles. The minimum absolute atomic E-state index is 0.0107. The molecule has 2 aliphatic rings. The van der Waals surface area contributed by atoms with Crippen molar-refractivity contribution in [2.24, 2.45) is 5.92 Å². The summed E-state index contributed by atoms with van der Waals surface area (Å²) in [7, 11) is 4.89. The fraction of sp³-hybridized carbons (Fsp3) is 0.333. The Bertz CT molecular complexity index is 1040. The van der Waals surface area contributed by atoms with Crippen molar-refractivity contribution in [3.05, 3.63) is 70.5 Å². The van der Waals surface area contributed by atoms with E-state index in [4.69, 9.17) is 14.2 Å². The van der Waals surface area contributed by atoms with Crippen molar-refractivity contribution in [3.8, 4) is 0 Å². The Morgan fingerprint density at radius 3 is 2.12 bits per heavy atom. The maximum Gasteiger partial charge on any atom is 0.338 e. The van der Waals surface area contributed by atoms with Gasteiger partial charge in [-0.3, -0.25) is 0 Å². The summed E-state index contributed by atoms with van der Waals surface area (Å²) in [5.74, 6) is -3.17. The third-order valence-electron chi connectivity index (χ3n) is 5.69. The largest absolute Gasteiger partial charge is 0.466 e. The van der Waals surface area contributed by atoms with Crippen LogP contribution in [-0.4, -0.2) is 63.3 Å². The van der Waals surface area contributed by atoms with Gasteiger partial charge in [0.2, 0.25) is 0 Å². The van der Waals surface area contributed by atoms with Crippen molar-refractivity contribution in [3.63, 3.8) is 0 Å².